The smallest absolute Gasteiger partial charge is 0.409 e. The zero-order valence-electron chi connectivity index (χ0n) is 20.9. The van der Waals surface area contributed by atoms with Crippen molar-refractivity contribution >= 4 is 12.0 Å². The Morgan fingerprint density at radius 3 is 2.29 bits per heavy atom. The van der Waals surface area contributed by atoms with Gasteiger partial charge in [-0.05, 0) is 56.9 Å². The van der Waals surface area contributed by atoms with Crippen molar-refractivity contribution in [2.24, 2.45) is 0 Å². The van der Waals surface area contributed by atoms with Gasteiger partial charge in [-0.3, -0.25) is 9.69 Å². The highest BCUT2D eigenvalue weighted by atomic mass is 16.6. The van der Waals surface area contributed by atoms with E-state index in [9.17, 15) is 19.8 Å². The summed E-state index contributed by atoms with van der Waals surface area (Å²) < 4.78 is 11.0. The monoisotopic (exact) mass is 477 g/mol. The Balaban J connectivity index is 1.66. The molecule has 1 aromatic rings. The van der Waals surface area contributed by atoms with Crippen molar-refractivity contribution in [1.82, 2.24) is 14.7 Å². The van der Waals surface area contributed by atoms with Crippen LogP contribution in [-0.2, 0) is 9.53 Å². The van der Waals surface area contributed by atoms with Gasteiger partial charge in [0.2, 0.25) is 5.91 Å². The number of aliphatic hydroxyl groups is 2. The van der Waals surface area contributed by atoms with Crippen molar-refractivity contribution in [3.05, 3.63) is 29.3 Å². The maximum absolute atomic E-state index is 12.2. The predicted octanol–water partition coefficient (Wildman–Crippen LogP) is 1.56. The molecule has 0 aliphatic carbocycles. The summed E-state index contributed by atoms with van der Waals surface area (Å²) in [6, 6.07) is 5.80. The lowest BCUT2D eigenvalue weighted by atomic mass is 9.90. The molecule has 2 N–H and O–H groups in total. The van der Waals surface area contributed by atoms with Crippen LogP contribution in [-0.4, -0.2) is 107 Å². The predicted molar refractivity (Wildman–Crippen MR) is 128 cm³/mol. The maximum Gasteiger partial charge on any atom is 0.409 e. The summed E-state index contributed by atoms with van der Waals surface area (Å²) in [5.41, 5.74) is -0.00174. The zero-order chi connectivity index (χ0) is 24.9. The molecule has 1 aromatic carbocycles. The second-order valence-corrected chi connectivity index (χ2v) is 9.82. The van der Waals surface area contributed by atoms with Crippen LogP contribution < -0.4 is 4.74 Å². The van der Waals surface area contributed by atoms with E-state index in [1.165, 1.54) is 6.92 Å². The van der Waals surface area contributed by atoms with Gasteiger partial charge in [-0.2, -0.15) is 0 Å². The Labute approximate surface area is 202 Å². The van der Waals surface area contributed by atoms with Crippen LogP contribution in [0.3, 0.4) is 0 Å². The molecule has 34 heavy (non-hydrogen) atoms. The minimum absolute atomic E-state index is 0.0326. The largest absolute Gasteiger partial charge is 0.490 e. The second kappa shape index (κ2) is 10.9. The van der Waals surface area contributed by atoms with E-state index in [0.717, 1.165) is 11.1 Å². The van der Waals surface area contributed by atoms with Crippen LogP contribution >= 0.6 is 0 Å². The minimum atomic E-state index is -1.29. The van der Waals surface area contributed by atoms with E-state index < -0.39 is 11.2 Å². The van der Waals surface area contributed by atoms with Crippen LogP contribution in [0, 0.1) is 13.8 Å². The highest BCUT2D eigenvalue weighted by molar-refractivity contribution is 5.73. The SMILES string of the molecule is CCOC(=O)N1CCC(O)(CN2CCN(C(C)=O)C[C@](O)(COc3ccc(C)c(C)c3)C2)CC1. The number of aryl methyl sites for hydroxylation is 2. The summed E-state index contributed by atoms with van der Waals surface area (Å²) in [5, 5.41) is 22.7. The average molecular weight is 478 g/mol. The van der Waals surface area contributed by atoms with Gasteiger partial charge in [0.15, 0.2) is 0 Å². The number of carbonyl (C=O) groups is 2. The lowest BCUT2D eigenvalue weighted by molar-refractivity contribution is -0.132. The van der Waals surface area contributed by atoms with E-state index in [1.54, 1.807) is 16.7 Å². The van der Waals surface area contributed by atoms with Crippen molar-refractivity contribution in [3.8, 4) is 5.75 Å². The highest BCUT2D eigenvalue weighted by Crippen LogP contribution is 2.26. The van der Waals surface area contributed by atoms with E-state index in [-0.39, 0.29) is 31.7 Å². The van der Waals surface area contributed by atoms with E-state index >= 15 is 0 Å². The molecule has 0 spiro atoms. The number of piperidine rings is 1. The summed E-state index contributed by atoms with van der Waals surface area (Å²) in [6.45, 7) is 10.3. The molecule has 0 bridgehead atoms. The third kappa shape index (κ3) is 6.84. The first-order chi connectivity index (χ1) is 16.0. The standard InChI is InChI=1S/C25H39N3O6/c1-5-33-23(30)27-10-8-24(31,9-11-27)15-26-12-13-28(21(4)29)17-25(32,16-26)18-34-22-7-6-19(2)20(3)14-22/h6-7,14,31-32H,5,8-13,15-18H2,1-4H3/t25-/m0/s1. The molecule has 2 aliphatic rings. The molecule has 2 saturated heterocycles. The first kappa shape index (κ1) is 26.2. The maximum atomic E-state index is 12.2. The summed E-state index contributed by atoms with van der Waals surface area (Å²) in [6.07, 6.45) is 0.501. The minimum Gasteiger partial charge on any atom is -0.490 e. The van der Waals surface area contributed by atoms with E-state index in [0.29, 0.717) is 57.9 Å². The lowest BCUT2D eigenvalue weighted by Gasteiger charge is -2.41. The Morgan fingerprint density at radius 2 is 1.68 bits per heavy atom. The lowest BCUT2D eigenvalue weighted by Crippen LogP contribution is -2.56. The third-order valence-corrected chi connectivity index (χ3v) is 6.86. The van der Waals surface area contributed by atoms with E-state index in [4.69, 9.17) is 9.47 Å². The van der Waals surface area contributed by atoms with Gasteiger partial charge in [0.05, 0.1) is 18.8 Å². The summed E-state index contributed by atoms with van der Waals surface area (Å²) in [7, 11) is 0. The number of nitrogens with zero attached hydrogens (tertiary/aromatic N) is 3. The number of hydrogen-bond donors (Lipinski definition) is 2. The van der Waals surface area contributed by atoms with Crippen molar-refractivity contribution in [2.45, 2.75) is 51.7 Å². The first-order valence-corrected chi connectivity index (χ1v) is 12.1. The number of hydrogen-bond acceptors (Lipinski definition) is 7. The molecule has 2 amide bonds. The fourth-order valence-corrected chi connectivity index (χ4v) is 4.65. The van der Waals surface area contributed by atoms with Crippen molar-refractivity contribution in [1.29, 1.82) is 0 Å². The quantitative estimate of drug-likeness (QED) is 0.641. The molecule has 190 valence electrons. The van der Waals surface area contributed by atoms with Crippen molar-refractivity contribution < 1.29 is 29.3 Å². The molecular formula is C25H39N3O6. The van der Waals surface area contributed by atoms with Crippen LogP contribution in [0.5, 0.6) is 5.75 Å². The van der Waals surface area contributed by atoms with Crippen molar-refractivity contribution in [3.63, 3.8) is 0 Å². The summed E-state index contributed by atoms with van der Waals surface area (Å²) in [5.74, 6) is 0.569. The summed E-state index contributed by atoms with van der Waals surface area (Å²) in [4.78, 5) is 29.4. The van der Waals surface area contributed by atoms with Gasteiger partial charge in [-0.15, -0.1) is 0 Å². The topological polar surface area (TPSA) is 103 Å². The molecule has 0 saturated carbocycles. The molecule has 0 aromatic heterocycles. The number of amides is 2. The Hall–Kier alpha value is -2.36. The fraction of sp³-hybridized carbons (Fsp3) is 0.680. The molecule has 2 heterocycles. The van der Waals surface area contributed by atoms with Crippen LogP contribution in [0.1, 0.15) is 37.8 Å². The van der Waals surface area contributed by atoms with Crippen LogP contribution in [0.25, 0.3) is 0 Å². The molecular weight excluding hydrogens is 438 g/mol. The number of β-amino-alcohol motifs (C(OH)–C–C–N with tert-alkyl or cyclic N) is 2. The first-order valence-electron chi connectivity index (χ1n) is 12.1. The fourth-order valence-electron chi connectivity index (χ4n) is 4.65. The molecule has 2 aliphatic heterocycles. The molecule has 2 fully saturated rings. The van der Waals surface area contributed by atoms with Gasteiger partial charge in [0, 0.05) is 46.2 Å². The number of ether oxygens (including phenoxy) is 2. The average Bonchev–Trinajstić information content (AvgIpc) is 2.94. The van der Waals surface area contributed by atoms with Gasteiger partial charge >= 0.3 is 6.09 Å². The van der Waals surface area contributed by atoms with Gasteiger partial charge in [0.1, 0.15) is 18.0 Å². The third-order valence-electron chi connectivity index (χ3n) is 6.86. The van der Waals surface area contributed by atoms with Crippen molar-refractivity contribution in [2.75, 3.05) is 59.0 Å². The Kier molecular flexibility index (Phi) is 8.43. The Bertz CT molecular complexity index is 870. The molecule has 0 radical (unpaired) electrons. The van der Waals surface area contributed by atoms with Crippen LogP contribution in [0.15, 0.2) is 18.2 Å². The molecule has 0 unspecified atom stereocenters. The van der Waals surface area contributed by atoms with Gasteiger partial charge in [0.25, 0.3) is 0 Å². The van der Waals surface area contributed by atoms with E-state index in [1.807, 2.05) is 36.9 Å². The van der Waals surface area contributed by atoms with Gasteiger partial charge < -0.3 is 29.5 Å². The van der Waals surface area contributed by atoms with E-state index in [2.05, 4.69) is 0 Å². The number of benzene rings is 1. The zero-order valence-corrected chi connectivity index (χ0v) is 20.9. The normalized spacial score (nSPS) is 23.4. The van der Waals surface area contributed by atoms with Gasteiger partial charge in [-0.1, -0.05) is 6.07 Å². The number of likely N-dealkylation sites (tertiary alicyclic amines) is 1. The molecule has 3 rings (SSSR count). The number of rotatable bonds is 6. The van der Waals surface area contributed by atoms with Gasteiger partial charge in [-0.25, -0.2) is 4.79 Å². The molecule has 9 heteroatoms. The summed E-state index contributed by atoms with van der Waals surface area (Å²) >= 11 is 0. The van der Waals surface area contributed by atoms with Crippen LogP contribution in [0.2, 0.25) is 0 Å². The van der Waals surface area contributed by atoms with Crippen LogP contribution in [0.4, 0.5) is 4.79 Å². The highest BCUT2D eigenvalue weighted by Gasteiger charge is 2.41. The molecule has 9 nitrogen and oxygen atoms in total. The number of carbonyl (C=O) groups excluding carboxylic acids is 2. The second-order valence-electron chi connectivity index (χ2n) is 9.82. The Morgan fingerprint density at radius 1 is 0.971 bits per heavy atom. The molecule has 1 atom stereocenters.